The van der Waals surface area contributed by atoms with Crippen LogP contribution in [0.1, 0.15) is 34.3 Å². The average Bonchev–Trinajstić information content (AvgIpc) is 2.78. The van der Waals surface area contributed by atoms with Gasteiger partial charge in [-0.3, -0.25) is 14.7 Å². The molecule has 2 aromatic carbocycles. The van der Waals surface area contributed by atoms with Crippen LogP contribution in [-0.2, 0) is 13.0 Å². The van der Waals surface area contributed by atoms with Crippen LogP contribution in [-0.4, -0.2) is 46.4 Å². The Morgan fingerprint density at radius 2 is 1.86 bits per heavy atom. The van der Waals surface area contributed by atoms with Gasteiger partial charge in [-0.1, -0.05) is 36.4 Å². The molecule has 28 heavy (non-hydrogen) atoms. The number of piperidine rings is 1. The molecule has 142 valence electrons. The molecule has 2 aliphatic heterocycles. The maximum Gasteiger partial charge on any atom is 0.254 e. The van der Waals surface area contributed by atoms with Gasteiger partial charge >= 0.3 is 0 Å². The molecular formula is C24H25N3O. The summed E-state index contributed by atoms with van der Waals surface area (Å²) in [4.78, 5) is 22.3. The van der Waals surface area contributed by atoms with Crippen LogP contribution in [0.3, 0.4) is 0 Å². The molecule has 0 N–H and O–H groups in total. The summed E-state index contributed by atoms with van der Waals surface area (Å²) < 4.78 is 0. The molecule has 1 atom stereocenters. The fraction of sp³-hybridized carbons (Fsp3) is 0.333. The molecule has 0 bridgehead atoms. The molecule has 0 saturated carbocycles. The third kappa shape index (κ3) is 3.18. The highest BCUT2D eigenvalue weighted by molar-refractivity contribution is 6.06. The van der Waals surface area contributed by atoms with Crippen molar-refractivity contribution in [1.29, 1.82) is 0 Å². The quantitative estimate of drug-likeness (QED) is 0.686. The van der Waals surface area contributed by atoms with Gasteiger partial charge in [-0.2, -0.15) is 0 Å². The van der Waals surface area contributed by atoms with E-state index >= 15 is 0 Å². The zero-order chi connectivity index (χ0) is 18.9. The highest BCUT2D eigenvalue weighted by Gasteiger charge is 2.30. The molecule has 3 aromatic rings. The Balaban J connectivity index is 1.35. The number of amides is 1. The third-order valence-electron chi connectivity index (χ3n) is 6.24. The Labute approximate surface area is 165 Å². The molecule has 1 aromatic heterocycles. The van der Waals surface area contributed by atoms with Gasteiger partial charge in [-0.25, -0.2) is 0 Å². The summed E-state index contributed by atoms with van der Waals surface area (Å²) in [5, 5.41) is 0.948. The Bertz CT molecular complexity index is 1010. The van der Waals surface area contributed by atoms with Crippen LogP contribution in [0.4, 0.5) is 0 Å². The highest BCUT2D eigenvalue weighted by atomic mass is 16.2. The molecule has 5 rings (SSSR count). The fourth-order valence-electron chi connectivity index (χ4n) is 4.73. The number of benzene rings is 2. The van der Waals surface area contributed by atoms with Gasteiger partial charge in [0.15, 0.2) is 0 Å². The van der Waals surface area contributed by atoms with E-state index in [2.05, 4.69) is 39.0 Å². The van der Waals surface area contributed by atoms with Crippen molar-refractivity contribution in [3.05, 3.63) is 77.5 Å². The second kappa shape index (κ2) is 7.36. The van der Waals surface area contributed by atoms with E-state index in [4.69, 9.17) is 0 Å². The van der Waals surface area contributed by atoms with Crippen molar-refractivity contribution in [3.8, 4) is 0 Å². The number of hydrogen-bond acceptors (Lipinski definition) is 3. The summed E-state index contributed by atoms with van der Waals surface area (Å²) >= 11 is 0. The minimum absolute atomic E-state index is 0.140. The first-order chi connectivity index (χ1) is 13.8. The van der Waals surface area contributed by atoms with Crippen LogP contribution < -0.4 is 0 Å². The molecule has 0 aliphatic carbocycles. The number of hydrogen-bond donors (Lipinski definition) is 0. The predicted octanol–water partition coefficient (Wildman–Crippen LogP) is 3.90. The smallest absolute Gasteiger partial charge is 0.254 e. The number of nitrogens with zero attached hydrogens (tertiary/aromatic N) is 3. The molecule has 2 aliphatic rings. The number of likely N-dealkylation sites (tertiary alicyclic amines) is 1. The van der Waals surface area contributed by atoms with E-state index in [1.165, 1.54) is 17.5 Å². The second-order valence-electron chi connectivity index (χ2n) is 7.91. The second-order valence-corrected chi connectivity index (χ2v) is 7.91. The van der Waals surface area contributed by atoms with Gasteiger partial charge in [0, 0.05) is 49.4 Å². The van der Waals surface area contributed by atoms with E-state index in [0.717, 1.165) is 55.5 Å². The lowest BCUT2D eigenvalue weighted by Gasteiger charge is -2.41. The molecule has 4 heteroatoms. The Hall–Kier alpha value is -2.72. The van der Waals surface area contributed by atoms with Crippen molar-refractivity contribution in [2.24, 2.45) is 0 Å². The van der Waals surface area contributed by atoms with E-state index in [-0.39, 0.29) is 5.91 Å². The molecule has 1 saturated heterocycles. The first-order valence-electron chi connectivity index (χ1n) is 10.2. The van der Waals surface area contributed by atoms with Crippen molar-refractivity contribution in [1.82, 2.24) is 14.8 Å². The molecule has 3 heterocycles. The Morgan fingerprint density at radius 3 is 2.79 bits per heavy atom. The van der Waals surface area contributed by atoms with Gasteiger partial charge in [-0.05, 0) is 48.6 Å². The van der Waals surface area contributed by atoms with E-state index in [0.29, 0.717) is 6.04 Å². The zero-order valence-electron chi connectivity index (χ0n) is 16.1. The van der Waals surface area contributed by atoms with Crippen molar-refractivity contribution in [2.45, 2.75) is 31.8 Å². The lowest BCUT2D eigenvalue weighted by atomic mass is 9.95. The molecule has 1 fully saturated rings. The van der Waals surface area contributed by atoms with E-state index in [1.54, 1.807) is 6.20 Å². The van der Waals surface area contributed by atoms with Crippen LogP contribution in [0.5, 0.6) is 0 Å². The first kappa shape index (κ1) is 17.4. The number of carbonyl (C=O) groups is 1. The summed E-state index contributed by atoms with van der Waals surface area (Å²) in [6.45, 7) is 3.75. The first-order valence-corrected chi connectivity index (χ1v) is 10.2. The van der Waals surface area contributed by atoms with Gasteiger partial charge in [0.05, 0.1) is 5.52 Å². The molecule has 1 amide bonds. The van der Waals surface area contributed by atoms with Gasteiger partial charge in [0.1, 0.15) is 0 Å². The average molecular weight is 371 g/mol. The molecular weight excluding hydrogens is 346 g/mol. The highest BCUT2D eigenvalue weighted by Crippen LogP contribution is 2.26. The fourth-order valence-corrected chi connectivity index (χ4v) is 4.73. The Morgan fingerprint density at radius 1 is 0.964 bits per heavy atom. The zero-order valence-corrected chi connectivity index (χ0v) is 16.1. The monoisotopic (exact) mass is 371 g/mol. The summed E-state index contributed by atoms with van der Waals surface area (Å²) in [6, 6.07) is 19.0. The SMILES string of the molecule is O=C(c1cccc2ncccc12)N1CCC[C@H](N2CCc3ccccc3C2)C1. The van der Waals surface area contributed by atoms with E-state index in [9.17, 15) is 4.79 Å². The van der Waals surface area contributed by atoms with Gasteiger partial charge in [0.2, 0.25) is 0 Å². The van der Waals surface area contributed by atoms with Crippen molar-refractivity contribution in [2.75, 3.05) is 19.6 Å². The minimum atomic E-state index is 0.140. The number of aromatic nitrogens is 1. The maximum absolute atomic E-state index is 13.3. The number of carbonyl (C=O) groups excluding carboxylic acids is 1. The molecule has 0 unspecified atom stereocenters. The number of rotatable bonds is 2. The summed E-state index contributed by atoms with van der Waals surface area (Å²) in [5.74, 6) is 0.140. The maximum atomic E-state index is 13.3. The van der Waals surface area contributed by atoms with Crippen LogP contribution in [0, 0.1) is 0 Å². The van der Waals surface area contributed by atoms with Crippen LogP contribution in [0.2, 0.25) is 0 Å². The van der Waals surface area contributed by atoms with Gasteiger partial charge in [-0.15, -0.1) is 0 Å². The minimum Gasteiger partial charge on any atom is -0.337 e. The lowest BCUT2D eigenvalue weighted by Crippen LogP contribution is -2.51. The largest absolute Gasteiger partial charge is 0.337 e. The van der Waals surface area contributed by atoms with Gasteiger partial charge in [0.25, 0.3) is 5.91 Å². The van der Waals surface area contributed by atoms with Gasteiger partial charge < -0.3 is 4.90 Å². The standard InChI is InChI=1S/C24H25N3O/c28-24(22-9-3-11-23-21(22)10-4-13-25-23)27-14-5-8-20(17-27)26-15-12-18-6-1-2-7-19(18)16-26/h1-4,6-7,9-11,13,20H,5,8,12,14-17H2/t20-/m0/s1. The normalized spacial score (nSPS) is 20.1. The summed E-state index contributed by atoms with van der Waals surface area (Å²) in [6.07, 6.45) is 5.12. The number of fused-ring (bicyclic) bond motifs is 2. The molecule has 0 spiro atoms. The van der Waals surface area contributed by atoms with E-state index in [1.807, 2.05) is 30.3 Å². The van der Waals surface area contributed by atoms with Crippen molar-refractivity contribution < 1.29 is 4.79 Å². The summed E-state index contributed by atoms with van der Waals surface area (Å²) in [5.41, 5.74) is 4.58. The van der Waals surface area contributed by atoms with Crippen LogP contribution in [0.25, 0.3) is 10.9 Å². The van der Waals surface area contributed by atoms with E-state index < -0.39 is 0 Å². The summed E-state index contributed by atoms with van der Waals surface area (Å²) in [7, 11) is 0. The van der Waals surface area contributed by atoms with Crippen LogP contribution >= 0.6 is 0 Å². The number of pyridine rings is 1. The topological polar surface area (TPSA) is 36.4 Å². The van der Waals surface area contributed by atoms with Crippen LogP contribution in [0.15, 0.2) is 60.8 Å². The third-order valence-corrected chi connectivity index (χ3v) is 6.24. The lowest BCUT2D eigenvalue weighted by molar-refractivity contribution is 0.0551. The molecule has 0 radical (unpaired) electrons. The molecule has 4 nitrogen and oxygen atoms in total. The Kier molecular flexibility index (Phi) is 4.57. The van der Waals surface area contributed by atoms with Crippen molar-refractivity contribution >= 4 is 16.8 Å². The predicted molar refractivity (Wildman–Crippen MR) is 111 cm³/mol. The van der Waals surface area contributed by atoms with Crippen molar-refractivity contribution in [3.63, 3.8) is 0 Å².